The number of hydrogen-bond acceptors (Lipinski definition) is 1. The van der Waals surface area contributed by atoms with Crippen molar-refractivity contribution in [1.29, 1.82) is 0 Å². The molecule has 0 aromatic carbocycles. The first-order valence-electron chi connectivity index (χ1n) is 3.57. The molecule has 3 unspecified atom stereocenters. The van der Waals surface area contributed by atoms with Crippen LogP contribution in [-0.2, 0) is 0 Å². The fourth-order valence-corrected chi connectivity index (χ4v) is 1.52. The lowest BCUT2D eigenvalue weighted by Gasteiger charge is -2.09. The van der Waals surface area contributed by atoms with Crippen molar-refractivity contribution in [3.8, 4) is 0 Å². The van der Waals surface area contributed by atoms with E-state index < -0.39 is 0 Å². The first-order chi connectivity index (χ1) is 4.20. The Morgan fingerprint density at radius 2 is 2.33 bits per heavy atom. The molecule has 1 rings (SSSR count). The van der Waals surface area contributed by atoms with E-state index in [0.717, 1.165) is 6.54 Å². The maximum atomic E-state index is 5.91. The summed E-state index contributed by atoms with van der Waals surface area (Å²) in [6.07, 6.45) is 1.24. The molecule has 1 fully saturated rings. The van der Waals surface area contributed by atoms with Gasteiger partial charge in [-0.1, -0.05) is 0 Å². The second kappa shape index (κ2) is 2.89. The lowest BCUT2D eigenvalue weighted by Crippen LogP contribution is -2.18. The third-order valence-electron chi connectivity index (χ3n) is 2.03. The normalized spacial score (nSPS) is 39.0. The summed E-state index contributed by atoms with van der Waals surface area (Å²) in [6, 6.07) is 0.677. The maximum Gasteiger partial charge on any atom is 0.0348 e. The van der Waals surface area contributed by atoms with Crippen molar-refractivity contribution in [2.75, 3.05) is 6.54 Å². The Morgan fingerprint density at radius 1 is 1.67 bits per heavy atom. The quantitative estimate of drug-likeness (QED) is 0.556. The fraction of sp³-hybridized carbons (Fsp3) is 1.00. The zero-order valence-corrected chi connectivity index (χ0v) is 6.78. The predicted octanol–water partition coefficient (Wildman–Crippen LogP) is 1.61. The second-order valence-electron chi connectivity index (χ2n) is 2.98. The highest BCUT2D eigenvalue weighted by molar-refractivity contribution is 6.20. The molecule has 0 saturated carbocycles. The Bertz CT molecular complexity index is 92.9. The third-order valence-corrected chi connectivity index (χ3v) is 2.39. The van der Waals surface area contributed by atoms with Crippen LogP contribution in [0.15, 0.2) is 0 Å². The standard InChI is InChI=1S/C7H14ClN/c1-5-3-7(4-9-5)6(2)8/h5-7,9H,3-4H2,1-2H3. The van der Waals surface area contributed by atoms with E-state index in [1.165, 1.54) is 6.42 Å². The number of alkyl halides is 1. The van der Waals surface area contributed by atoms with E-state index in [9.17, 15) is 0 Å². The summed E-state index contributed by atoms with van der Waals surface area (Å²) >= 11 is 5.91. The van der Waals surface area contributed by atoms with Gasteiger partial charge in [0.05, 0.1) is 0 Å². The molecule has 1 aliphatic rings. The van der Waals surface area contributed by atoms with Crippen LogP contribution in [0, 0.1) is 5.92 Å². The van der Waals surface area contributed by atoms with Gasteiger partial charge in [-0.25, -0.2) is 0 Å². The third kappa shape index (κ3) is 1.84. The summed E-state index contributed by atoms with van der Waals surface area (Å²) in [4.78, 5) is 0. The van der Waals surface area contributed by atoms with E-state index in [4.69, 9.17) is 11.6 Å². The van der Waals surface area contributed by atoms with Gasteiger partial charge in [0.25, 0.3) is 0 Å². The zero-order chi connectivity index (χ0) is 6.85. The highest BCUT2D eigenvalue weighted by atomic mass is 35.5. The molecule has 0 aliphatic carbocycles. The summed E-state index contributed by atoms with van der Waals surface area (Å²) < 4.78 is 0. The van der Waals surface area contributed by atoms with Crippen LogP contribution in [0.4, 0.5) is 0 Å². The summed E-state index contributed by atoms with van der Waals surface area (Å²) in [5.41, 5.74) is 0. The van der Waals surface area contributed by atoms with Crippen molar-refractivity contribution in [2.24, 2.45) is 5.92 Å². The average molecular weight is 148 g/mol. The van der Waals surface area contributed by atoms with Gasteiger partial charge in [-0.05, 0) is 32.7 Å². The zero-order valence-electron chi connectivity index (χ0n) is 6.02. The topological polar surface area (TPSA) is 12.0 Å². The Hall–Kier alpha value is 0.250. The lowest BCUT2D eigenvalue weighted by atomic mass is 10.0. The van der Waals surface area contributed by atoms with E-state index >= 15 is 0 Å². The van der Waals surface area contributed by atoms with Gasteiger partial charge in [0.2, 0.25) is 0 Å². The molecule has 1 saturated heterocycles. The van der Waals surface area contributed by atoms with Crippen LogP contribution >= 0.6 is 11.6 Å². The van der Waals surface area contributed by atoms with E-state index in [2.05, 4.69) is 19.2 Å². The minimum Gasteiger partial charge on any atom is -0.314 e. The van der Waals surface area contributed by atoms with E-state index in [1.54, 1.807) is 0 Å². The molecule has 1 heterocycles. The van der Waals surface area contributed by atoms with Crippen molar-refractivity contribution < 1.29 is 0 Å². The first-order valence-corrected chi connectivity index (χ1v) is 4.01. The molecule has 1 nitrogen and oxygen atoms in total. The Kier molecular flexibility index (Phi) is 2.36. The Balaban J connectivity index is 2.30. The molecule has 0 spiro atoms. The minimum absolute atomic E-state index is 0.336. The number of halogens is 1. The van der Waals surface area contributed by atoms with Crippen LogP contribution in [0.5, 0.6) is 0 Å². The SMILES string of the molecule is CC1CC(C(C)Cl)CN1. The highest BCUT2D eigenvalue weighted by Gasteiger charge is 2.23. The lowest BCUT2D eigenvalue weighted by molar-refractivity contribution is 0.557. The van der Waals surface area contributed by atoms with E-state index in [1.807, 2.05) is 0 Å². The molecule has 0 aromatic rings. The summed E-state index contributed by atoms with van der Waals surface area (Å²) in [5.74, 6) is 0.696. The average Bonchev–Trinajstić information content (AvgIpc) is 2.14. The second-order valence-corrected chi connectivity index (χ2v) is 3.67. The number of nitrogens with one attached hydrogen (secondary N) is 1. The molecule has 54 valence electrons. The van der Waals surface area contributed by atoms with Crippen molar-refractivity contribution in [3.63, 3.8) is 0 Å². The first kappa shape index (κ1) is 7.36. The van der Waals surface area contributed by atoms with Crippen molar-refractivity contribution in [1.82, 2.24) is 5.32 Å². The summed E-state index contributed by atoms with van der Waals surface area (Å²) in [6.45, 7) is 5.39. The van der Waals surface area contributed by atoms with Gasteiger partial charge in [-0.15, -0.1) is 11.6 Å². The van der Waals surface area contributed by atoms with Gasteiger partial charge in [0, 0.05) is 11.4 Å². The van der Waals surface area contributed by atoms with Gasteiger partial charge in [0.15, 0.2) is 0 Å². The van der Waals surface area contributed by atoms with Gasteiger partial charge in [-0.3, -0.25) is 0 Å². The molecule has 1 aliphatic heterocycles. The molecule has 0 amide bonds. The predicted molar refractivity (Wildman–Crippen MR) is 40.9 cm³/mol. The van der Waals surface area contributed by atoms with Gasteiger partial charge < -0.3 is 5.32 Å². The molecule has 0 aromatic heterocycles. The van der Waals surface area contributed by atoms with Crippen molar-refractivity contribution in [2.45, 2.75) is 31.7 Å². The molecule has 0 radical (unpaired) electrons. The molecular formula is C7H14ClN. The fourth-order valence-electron chi connectivity index (χ4n) is 1.32. The number of rotatable bonds is 1. The molecule has 0 bridgehead atoms. The number of hydrogen-bond donors (Lipinski definition) is 1. The largest absolute Gasteiger partial charge is 0.314 e. The van der Waals surface area contributed by atoms with E-state index in [0.29, 0.717) is 17.3 Å². The molecule has 2 heteroatoms. The minimum atomic E-state index is 0.336. The molecule has 1 N–H and O–H groups in total. The van der Waals surface area contributed by atoms with Crippen LogP contribution in [-0.4, -0.2) is 18.0 Å². The maximum absolute atomic E-state index is 5.91. The van der Waals surface area contributed by atoms with Crippen molar-refractivity contribution >= 4 is 11.6 Å². The smallest absolute Gasteiger partial charge is 0.0348 e. The van der Waals surface area contributed by atoms with Crippen LogP contribution < -0.4 is 5.32 Å². The summed E-state index contributed by atoms with van der Waals surface area (Å²) in [7, 11) is 0. The van der Waals surface area contributed by atoms with Crippen molar-refractivity contribution in [3.05, 3.63) is 0 Å². The van der Waals surface area contributed by atoms with Crippen LogP contribution in [0.25, 0.3) is 0 Å². The summed E-state index contributed by atoms with van der Waals surface area (Å²) in [5, 5.41) is 3.70. The van der Waals surface area contributed by atoms with Gasteiger partial charge in [0.1, 0.15) is 0 Å². The monoisotopic (exact) mass is 147 g/mol. The Morgan fingerprint density at radius 3 is 2.56 bits per heavy atom. The Labute approximate surface area is 61.8 Å². The van der Waals surface area contributed by atoms with Crippen LogP contribution in [0.3, 0.4) is 0 Å². The van der Waals surface area contributed by atoms with Crippen LogP contribution in [0.2, 0.25) is 0 Å². The molecular weight excluding hydrogens is 134 g/mol. The van der Waals surface area contributed by atoms with Crippen LogP contribution in [0.1, 0.15) is 20.3 Å². The molecule has 3 atom stereocenters. The van der Waals surface area contributed by atoms with E-state index in [-0.39, 0.29) is 0 Å². The van der Waals surface area contributed by atoms with Gasteiger partial charge >= 0.3 is 0 Å². The highest BCUT2D eigenvalue weighted by Crippen LogP contribution is 2.20. The molecule has 9 heavy (non-hydrogen) atoms. The van der Waals surface area contributed by atoms with Gasteiger partial charge in [-0.2, -0.15) is 0 Å².